The lowest BCUT2D eigenvalue weighted by atomic mass is 10.2. The Morgan fingerprint density at radius 3 is 2.81 bits per heavy atom. The highest BCUT2D eigenvalue weighted by Crippen LogP contribution is 2.10. The molecule has 4 nitrogen and oxygen atoms in total. The van der Waals surface area contributed by atoms with Crippen LogP contribution in [0, 0.1) is 13.8 Å². The number of nitrogens with zero attached hydrogens (tertiary/aromatic N) is 1. The SMILES string of the molecule is C=C(C)COCCNCc1c(C)noc1C. The molecule has 0 amide bonds. The van der Waals surface area contributed by atoms with Gasteiger partial charge in [0.1, 0.15) is 5.76 Å². The molecule has 90 valence electrons. The van der Waals surface area contributed by atoms with Crippen LogP contribution < -0.4 is 5.32 Å². The molecule has 0 bridgehead atoms. The third-order valence-electron chi connectivity index (χ3n) is 2.25. The zero-order chi connectivity index (χ0) is 12.0. The van der Waals surface area contributed by atoms with Gasteiger partial charge in [0, 0.05) is 18.7 Å². The fourth-order valence-corrected chi connectivity index (χ4v) is 1.36. The molecule has 1 aromatic rings. The van der Waals surface area contributed by atoms with Crippen LogP contribution in [0.5, 0.6) is 0 Å². The van der Waals surface area contributed by atoms with E-state index in [-0.39, 0.29) is 0 Å². The Hall–Kier alpha value is -1.13. The summed E-state index contributed by atoms with van der Waals surface area (Å²) >= 11 is 0. The molecule has 0 fully saturated rings. The van der Waals surface area contributed by atoms with Crippen LogP contribution in [-0.4, -0.2) is 24.9 Å². The summed E-state index contributed by atoms with van der Waals surface area (Å²) in [5, 5.41) is 7.19. The van der Waals surface area contributed by atoms with E-state index in [1.165, 1.54) is 0 Å². The van der Waals surface area contributed by atoms with E-state index in [0.29, 0.717) is 13.2 Å². The summed E-state index contributed by atoms with van der Waals surface area (Å²) in [7, 11) is 0. The lowest BCUT2D eigenvalue weighted by Gasteiger charge is -2.05. The Kier molecular flexibility index (Phi) is 5.22. The van der Waals surface area contributed by atoms with E-state index in [1.807, 2.05) is 20.8 Å². The minimum Gasteiger partial charge on any atom is -0.376 e. The van der Waals surface area contributed by atoms with Gasteiger partial charge in [0.15, 0.2) is 0 Å². The number of hydrogen-bond acceptors (Lipinski definition) is 4. The van der Waals surface area contributed by atoms with Crippen LogP contribution in [0.3, 0.4) is 0 Å². The molecule has 0 aliphatic carbocycles. The minimum atomic E-state index is 0.632. The second kappa shape index (κ2) is 6.45. The van der Waals surface area contributed by atoms with Gasteiger partial charge in [0.2, 0.25) is 0 Å². The van der Waals surface area contributed by atoms with E-state index in [4.69, 9.17) is 9.26 Å². The number of aryl methyl sites for hydroxylation is 2. The second-order valence-corrected chi connectivity index (χ2v) is 3.99. The molecule has 1 heterocycles. The van der Waals surface area contributed by atoms with Crippen molar-refractivity contribution in [2.45, 2.75) is 27.3 Å². The van der Waals surface area contributed by atoms with Gasteiger partial charge in [0.05, 0.1) is 18.9 Å². The summed E-state index contributed by atoms with van der Waals surface area (Å²) in [4.78, 5) is 0. The normalized spacial score (nSPS) is 10.7. The van der Waals surface area contributed by atoms with Crippen molar-refractivity contribution in [2.24, 2.45) is 0 Å². The standard InChI is InChI=1S/C12H20N2O2/c1-9(2)8-15-6-5-13-7-12-10(3)14-16-11(12)4/h13H,1,5-8H2,2-4H3. The topological polar surface area (TPSA) is 47.3 Å². The molecule has 1 rings (SSSR count). The maximum absolute atomic E-state index is 5.37. The third-order valence-corrected chi connectivity index (χ3v) is 2.25. The first-order valence-electron chi connectivity index (χ1n) is 5.46. The number of rotatable bonds is 7. The van der Waals surface area contributed by atoms with E-state index < -0.39 is 0 Å². The number of aromatic nitrogens is 1. The maximum atomic E-state index is 5.37. The van der Waals surface area contributed by atoms with Crippen LogP contribution in [0.25, 0.3) is 0 Å². The molecule has 16 heavy (non-hydrogen) atoms. The molecular weight excluding hydrogens is 204 g/mol. The van der Waals surface area contributed by atoms with Crippen molar-refractivity contribution in [1.29, 1.82) is 0 Å². The molecule has 0 unspecified atom stereocenters. The van der Waals surface area contributed by atoms with E-state index in [0.717, 1.165) is 35.7 Å². The molecule has 1 aromatic heterocycles. The van der Waals surface area contributed by atoms with E-state index in [9.17, 15) is 0 Å². The van der Waals surface area contributed by atoms with Gasteiger partial charge in [-0.15, -0.1) is 0 Å². The van der Waals surface area contributed by atoms with Crippen molar-refractivity contribution in [3.8, 4) is 0 Å². The Morgan fingerprint density at radius 1 is 1.50 bits per heavy atom. The summed E-state index contributed by atoms with van der Waals surface area (Å²) < 4.78 is 10.4. The van der Waals surface area contributed by atoms with Gasteiger partial charge in [-0.2, -0.15) is 0 Å². The van der Waals surface area contributed by atoms with Gasteiger partial charge in [-0.1, -0.05) is 17.3 Å². The van der Waals surface area contributed by atoms with Gasteiger partial charge < -0.3 is 14.6 Å². The average molecular weight is 224 g/mol. The van der Waals surface area contributed by atoms with Gasteiger partial charge in [-0.05, 0) is 20.8 Å². The zero-order valence-corrected chi connectivity index (χ0v) is 10.3. The molecule has 0 saturated heterocycles. The van der Waals surface area contributed by atoms with Crippen LogP contribution in [0.2, 0.25) is 0 Å². The molecule has 4 heteroatoms. The molecule has 0 spiro atoms. The lowest BCUT2D eigenvalue weighted by molar-refractivity contribution is 0.157. The molecule has 1 N–H and O–H groups in total. The average Bonchev–Trinajstić information content (AvgIpc) is 2.53. The smallest absolute Gasteiger partial charge is 0.138 e. The molecule has 0 aromatic carbocycles. The molecular formula is C12H20N2O2. The lowest BCUT2D eigenvalue weighted by Crippen LogP contribution is -2.20. The highest BCUT2D eigenvalue weighted by molar-refractivity contribution is 5.20. The molecule has 0 saturated carbocycles. The predicted molar refractivity (Wildman–Crippen MR) is 63.3 cm³/mol. The number of nitrogens with one attached hydrogen (secondary N) is 1. The van der Waals surface area contributed by atoms with Gasteiger partial charge >= 0.3 is 0 Å². The highest BCUT2D eigenvalue weighted by Gasteiger charge is 2.07. The molecule has 0 aliphatic heterocycles. The summed E-state index contributed by atoms with van der Waals surface area (Å²) in [5.74, 6) is 0.882. The van der Waals surface area contributed by atoms with Crippen molar-refractivity contribution < 1.29 is 9.26 Å². The monoisotopic (exact) mass is 224 g/mol. The van der Waals surface area contributed by atoms with Crippen molar-refractivity contribution in [1.82, 2.24) is 10.5 Å². The van der Waals surface area contributed by atoms with E-state index >= 15 is 0 Å². The van der Waals surface area contributed by atoms with Crippen molar-refractivity contribution in [3.63, 3.8) is 0 Å². The predicted octanol–water partition coefficient (Wildman–Crippen LogP) is 1.97. The summed E-state index contributed by atoms with van der Waals surface area (Å²) in [6.07, 6.45) is 0. The van der Waals surface area contributed by atoms with Crippen molar-refractivity contribution in [2.75, 3.05) is 19.8 Å². The Bertz CT molecular complexity index is 325. The second-order valence-electron chi connectivity index (χ2n) is 3.99. The van der Waals surface area contributed by atoms with Crippen molar-refractivity contribution in [3.05, 3.63) is 29.2 Å². The van der Waals surface area contributed by atoms with Gasteiger partial charge in [-0.3, -0.25) is 0 Å². The Balaban J connectivity index is 2.14. The highest BCUT2D eigenvalue weighted by atomic mass is 16.5. The minimum absolute atomic E-state index is 0.632. The van der Waals surface area contributed by atoms with Gasteiger partial charge in [-0.25, -0.2) is 0 Å². The third kappa shape index (κ3) is 4.16. The van der Waals surface area contributed by atoms with E-state index in [1.54, 1.807) is 0 Å². The zero-order valence-electron chi connectivity index (χ0n) is 10.3. The fraction of sp³-hybridized carbons (Fsp3) is 0.583. The van der Waals surface area contributed by atoms with Crippen LogP contribution in [0.4, 0.5) is 0 Å². The summed E-state index contributed by atoms with van der Waals surface area (Å²) in [6, 6.07) is 0. The molecule has 0 radical (unpaired) electrons. The fourth-order valence-electron chi connectivity index (χ4n) is 1.36. The first-order valence-corrected chi connectivity index (χ1v) is 5.46. The first-order chi connectivity index (χ1) is 7.61. The largest absolute Gasteiger partial charge is 0.376 e. The Labute approximate surface area is 96.7 Å². The first kappa shape index (κ1) is 12.9. The van der Waals surface area contributed by atoms with E-state index in [2.05, 4.69) is 17.1 Å². The summed E-state index contributed by atoms with van der Waals surface area (Å²) in [6.45, 7) is 12.5. The van der Waals surface area contributed by atoms with Gasteiger partial charge in [0.25, 0.3) is 0 Å². The van der Waals surface area contributed by atoms with Crippen LogP contribution >= 0.6 is 0 Å². The van der Waals surface area contributed by atoms with Crippen LogP contribution in [-0.2, 0) is 11.3 Å². The van der Waals surface area contributed by atoms with Crippen LogP contribution in [0.1, 0.15) is 23.9 Å². The quantitative estimate of drug-likeness (QED) is 0.568. The maximum Gasteiger partial charge on any atom is 0.138 e. The number of ether oxygens (including phenoxy) is 1. The van der Waals surface area contributed by atoms with Crippen molar-refractivity contribution >= 4 is 0 Å². The Morgan fingerprint density at radius 2 is 2.25 bits per heavy atom. The molecule has 0 aliphatic rings. The molecule has 0 atom stereocenters. The number of hydrogen-bond donors (Lipinski definition) is 1. The van der Waals surface area contributed by atoms with Crippen LogP contribution in [0.15, 0.2) is 16.7 Å². The summed E-state index contributed by atoms with van der Waals surface area (Å²) in [5.41, 5.74) is 3.14.